The Morgan fingerprint density at radius 2 is 0.500 bits per heavy atom. The van der Waals surface area contributed by atoms with Gasteiger partial charge in [-0.25, -0.2) is 0 Å². The fraction of sp³-hybridized carbons (Fsp3) is 0. The van der Waals surface area contributed by atoms with Crippen LogP contribution in [-0.4, -0.2) is 24.3 Å². The maximum absolute atomic E-state index is 3.17. The molecule has 0 aliphatic rings. The summed E-state index contributed by atoms with van der Waals surface area (Å²) in [5.74, 6) is 0. The second kappa shape index (κ2) is 8.36. The van der Waals surface area contributed by atoms with Gasteiger partial charge in [0, 0.05) is 0 Å². The SMILES string of the molecule is [OH-].c1cc[c]([Sb+]([c]2ccccc2)([c]2ccccc2)[c]2ccccc2)cc1. The van der Waals surface area contributed by atoms with Crippen molar-refractivity contribution in [1.82, 2.24) is 0 Å². The first-order valence-corrected chi connectivity index (χ1v) is 13.6. The predicted molar refractivity (Wildman–Crippen MR) is 112 cm³/mol. The van der Waals surface area contributed by atoms with E-state index in [1.807, 2.05) is 0 Å². The van der Waals surface area contributed by atoms with Gasteiger partial charge in [0.2, 0.25) is 0 Å². The van der Waals surface area contributed by atoms with Crippen LogP contribution in [0.15, 0.2) is 121 Å². The van der Waals surface area contributed by atoms with Gasteiger partial charge in [0.05, 0.1) is 0 Å². The topological polar surface area (TPSA) is 30.0 Å². The Kier molecular flexibility index (Phi) is 5.93. The second-order valence-corrected chi connectivity index (χ2v) is 15.7. The number of benzene rings is 4. The van der Waals surface area contributed by atoms with Gasteiger partial charge in [0.15, 0.2) is 0 Å². The summed E-state index contributed by atoms with van der Waals surface area (Å²) in [5.41, 5.74) is 0. The van der Waals surface area contributed by atoms with Gasteiger partial charge in [-0.3, -0.25) is 0 Å². The second-order valence-electron chi connectivity index (χ2n) is 6.01. The van der Waals surface area contributed by atoms with Crippen molar-refractivity contribution in [2.45, 2.75) is 0 Å². The van der Waals surface area contributed by atoms with E-state index in [1.54, 1.807) is 0 Å². The van der Waals surface area contributed by atoms with Crippen molar-refractivity contribution in [3.05, 3.63) is 121 Å². The van der Waals surface area contributed by atoms with Crippen LogP contribution in [0, 0.1) is 0 Å². The quantitative estimate of drug-likeness (QED) is 0.443. The Morgan fingerprint density at radius 1 is 0.308 bits per heavy atom. The van der Waals surface area contributed by atoms with Crippen LogP contribution in [0.25, 0.3) is 0 Å². The molecule has 0 fully saturated rings. The Morgan fingerprint density at radius 3 is 0.692 bits per heavy atom. The number of hydrogen-bond donors (Lipinski definition) is 0. The standard InChI is InChI=1S/4C6H5.H2O.Sb/c4*1-2-4-6-5-3-1;;/h4*1-5H;1H2;/q;;;;;+1/p-1. The molecule has 0 radical (unpaired) electrons. The molecule has 0 unspecified atom stereocenters. The van der Waals surface area contributed by atoms with Crippen LogP contribution in [0.2, 0.25) is 0 Å². The van der Waals surface area contributed by atoms with Gasteiger partial charge in [-0.1, -0.05) is 0 Å². The number of hydrogen-bond acceptors (Lipinski definition) is 1. The van der Waals surface area contributed by atoms with E-state index < -0.39 is 18.8 Å². The first-order valence-electron chi connectivity index (χ1n) is 8.54. The minimum absolute atomic E-state index is 0. The third kappa shape index (κ3) is 3.21. The van der Waals surface area contributed by atoms with Gasteiger partial charge in [-0.2, -0.15) is 0 Å². The Labute approximate surface area is 159 Å². The molecule has 1 N–H and O–H groups in total. The van der Waals surface area contributed by atoms with Crippen molar-refractivity contribution >= 4 is 32.8 Å². The molecule has 0 atom stereocenters. The van der Waals surface area contributed by atoms with Crippen LogP contribution < -0.4 is 14.0 Å². The zero-order chi connectivity index (χ0) is 17.0. The van der Waals surface area contributed by atoms with Crippen LogP contribution in [0.4, 0.5) is 0 Å². The van der Waals surface area contributed by atoms with E-state index in [1.165, 1.54) is 14.0 Å². The van der Waals surface area contributed by atoms with Crippen LogP contribution >= 0.6 is 0 Å². The van der Waals surface area contributed by atoms with Gasteiger partial charge in [0.25, 0.3) is 0 Å². The van der Waals surface area contributed by atoms with Crippen LogP contribution in [0.3, 0.4) is 0 Å². The molecule has 4 aromatic rings. The van der Waals surface area contributed by atoms with Crippen molar-refractivity contribution in [3.63, 3.8) is 0 Å². The average Bonchev–Trinajstić information content (AvgIpc) is 2.72. The molecule has 0 aromatic heterocycles. The van der Waals surface area contributed by atoms with Gasteiger partial charge < -0.3 is 5.48 Å². The molecule has 2 heteroatoms. The molecule has 0 amide bonds. The van der Waals surface area contributed by atoms with E-state index in [2.05, 4.69) is 121 Å². The Balaban J connectivity index is 0.00000196. The van der Waals surface area contributed by atoms with Crippen molar-refractivity contribution in [2.24, 2.45) is 0 Å². The molecule has 4 rings (SSSR count). The summed E-state index contributed by atoms with van der Waals surface area (Å²) in [4.78, 5) is 0. The molecule has 0 heterocycles. The molecular weight excluding hydrogens is 426 g/mol. The molecular formula is C24H21OSb. The van der Waals surface area contributed by atoms with Gasteiger partial charge >= 0.3 is 154 Å². The van der Waals surface area contributed by atoms with Crippen LogP contribution in [-0.2, 0) is 0 Å². The fourth-order valence-corrected chi connectivity index (χ4v) is 15.7. The summed E-state index contributed by atoms with van der Waals surface area (Å²) < 4.78 is 5.91. The molecule has 128 valence electrons. The first kappa shape index (κ1) is 18.4. The molecule has 4 aromatic carbocycles. The van der Waals surface area contributed by atoms with Crippen molar-refractivity contribution < 1.29 is 5.48 Å². The molecule has 1 nitrogen and oxygen atoms in total. The molecule has 0 aliphatic heterocycles. The summed E-state index contributed by atoms with van der Waals surface area (Å²) >= 11 is -3.17. The Hall–Kier alpha value is -2.34. The third-order valence-corrected chi connectivity index (χ3v) is 16.8. The monoisotopic (exact) mass is 446 g/mol. The Bertz CT molecular complexity index is 759. The van der Waals surface area contributed by atoms with Crippen molar-refractivity contribution in [3.8, 4) is 0 Å². The average molecular weight is 447 g/mol. The molecule has 0 saturated heterocycles. The van der Waals surface area contributed by atoms with Crippen LogP contribution in [0.5, 0.6) is 0 Å². The maximum atomic E-state index is 2.32. The molecule has 0 aliphatic carbocycles. The number of rotatable bonds is 4. The van der Waals surface area contributed by atoms with E-state index in [0.29, 0.717) is 0 Å². The van der Waals surface area contributed by atoms with E-state index in [4.69, 9.17) is 0 Å². The van der Waals surface area contributed by atoms with E-state index in [-0.39, 0.29) is 5.48 Å². The third-order valence-electron chi connectivity index (χ3n) is 4.57. The summed E-state index contributed by atoms with van der Waals surface area (Å²) in [7, 11) is 0. The van der Waals surface area contributed by atoms with Gasteiger partial charge in [-0.15, -0.1) is 0 Å². The van der Waals surface area contributed by atoms with Crippen molar-refractivity contribution in [1.29, 1.82) is 0 Å². The first-order chi connectivity index (χ1) is 12.4. The van der Waals surface area contributed by atoms with Gasteiger partial charge in [0.1, 0.15) is 0 Å². The zero-order valence-corrected chi connectivity index (χ0v) is 17.0. The predicted octanol–water partition coefficient (Wildman–Crippen LogP) is 2.89. The fourth-order valence-electron chi connectivity index (χ4n) is 3.50. The molecule has 0 saturated carbocycles. The zero-order valence-electron chi connectivity index (χ0n) is 14.4. The van der Waals surface area contributed by atoms with E-state index in [0.717, 1.165) is 0 Å². The molecule has 0 spiro atoms. The van der Waals surface area contributed by atoms with E-state index >= 15 is 0 Å². The van der Waals surface area contributed by atoms with E-state index in [9.17, 15) is 0 Å². The van der Waals surface area contributed by atoms with Gasteiger partial charge in [-0.05, 0) is 0 Å². The van der Waals surface area contributed by atoms with Crippen LogP contribution in [0.1, 0.15) is 0 Å². The summed E-state index contributed by atoms with van der Waals surface area (Å²) in [6.07, 6.45) is 0. The molecule has 0 bridgehead atoms. The molecule has 26 heavy (non-hydrogen) atoms. The summed E-state index contributed by atoms with van der Waals surface area (Å²) in [5, 5.41) is 0. The minimum atomic E-state index is -3.17. The van der Waals surface area contributed by atoms with Crippen molar-refractivity contribution in [2.75, 3.05) is 0 Å². The summed E-state index contributed by atoms with van der Waals surface area (Å²) in [6, 6.07) is 44.4. The normalized spacial score (nSPS) is 10.8. The summed E-state index contributed by atoms with van der Waals surface area (Å²) in [6.45, 7) is 0.